The maximum atomic E-state index is 11.1. The third-order valence-electron chi connectivity index (χ3n) is 8.17. The van der Waals surface area contributed by atoms with Crippen LogP contribution in [-0.4, -0.2) is 34.1 Å². The first-order valence-corrected chi connectivity index (χ1v) is 11.4. The van der Waals surface area contributed by atoms with Gasteiger partial charge in [0.05, 0.1) is 29.9 Å². The second-order valence-electron chi connectivity index (χ2n) is 9.71. The number of hydrogen-bond acceptors (Lipinski definition) is 7. The minimum absolute atomic E-state index is 0.0367. The highest BCUT2D eigenvalue weighted by molar-refractivity contribution is 6.03. The van der Waals surface area contributed by atoms with E-state index >= 15 is 0 Å². The van der Waals surface area contributed by atoms with Crippen LogP contribution >= 0.6 is 0 Å². The molecule has 33 heavy (non-hydrogen) atoms. The molecule has 2 aromatic carbocycles. The Labute approximate surface area is 192 Å². The fraction of sp³-hybridized carbons (Fsp3) is 0.480. The summed E-state index contributed by atoms with van der Waals surface area (Å²) in [6.45, 7) is 2.20. The molecule has 0 saturated heterocycles. The lowest BCUT2D eigenvalue weighted by molar-refractivity contribution is -0.384. The Balaban J connectivity index is 1.55. The average molecular weight is 453 g/mol. The lowest BCUT2D eigenvalue weighted by atomic mass is 9.55. The molecule has 0 unspecified atom stereocenters. The van der Waals surface area contributed by atoms with Crippen molar-refractivity contribution in [2.75, 3.05) is 7.11 Å². The van der Waals surface area contributed by atoms with Crippen LogP contribution in [0.1, 0.15) is 56.1 Å². The normalized spacial score (nSPS) is 31.4. The molecule has 8 heteroatoms. The van der Waals surface area contributed by atoms with Gasteiger partial charge in [-0.15, -0.1) is 0 Å². The van der Waals surface area contributed by atoms with Crippen LogP contribution in [0.25, 0.3) is 0 Å². The number of fused-ring (bicyclic) bond motifs is 5. The van der Waals surface area contributed by atoms with Gasteiger partial charge in [-0.3, -0.25) is 10.1 Å². The Bertz CT molecular complexity index is 1130. The zero-order valence-corrected chi connectivity index (χ0v) is 18.7. The summed E-state index contributed by atoms with van der Waals surface area (Å²) in [7, 11) is 1.54. The van der Waals surface area contributed by atoms with Crippen LogP contribution in [0.5, 0.6) is 17.2 Å². The third-order valence-corrected chi connectivity index (χ3v) is 8.17. The van der Waals surface area contributed by atoms with E-state index < -0.39 is 4.92 Å². The molecule has 3 aliphatic rings. The number of aliphatic hydroxyl groups excluding tert-OH is 1. The van der Waals surface area contributed by atoms with E-state index in [2.05, 4.69) is 12.1 Å². The highest BCUT2D eigenvalue weighted by Gasteiger charge is 2.55. The molecule has 2 fully saturated rings. The van der Waals surface area contributed by atoms with Crippen molar-refractivity contribution in [3.05, 3.63) is 57.6 Å². The molecule has 0 heterocycles. The van der Waals surface area contributed by atoms with Gasteiger partial charge in [0.1, 0.15) is 0 Å². The number of nitrogens with zero attached hydrogens (tertiary/aromatic N) is 2. The second kappa shape index (κ2) is 8.02. The molecule has 174 valence electrons. The van der Waals surface area contributed by atoms with Gasteiger partial charge in [0.15, 0.2) is 17.2 Å². The smallest absolute Gasteiger partial charge is 0.273 e. The van der Waals surface area contributed by atoms with Gasteiger partial charge in [0, 0.05) is 11.6 Å². The standard InChI is InChI=1S/C25H28N2O6/c1-25-9-8-16-17-13-23(32-2)22(28)12-19(17)21(11-18(16)20(25)6-7-24(25)29)26-33-15-5-3-4-14(10-15)27(30)31/h3-5,10,12-13,16,18,20,24,28-29H,6-9,11H2,1-2H3/b26-21+/t16-,18-,20+,24+,25+/m1/s1. The quantitative estimate of drug-likeness (QED) is 0.510. The van der Waals surface area contributed by atoms with Crippen LogP contribution in [0.2, 0.25) is 0 Å². The Hall–Kier alpha value is -3.13. The summed E-state index contributed by atoms with van der Waals surface area (Å²) in [5.41, 5.74) is 2.42. The first-order chi connectivity index (χ1) is 15.8. The molecule has 2 saturated carbocycles. The maximum absolute atomic E-state index is 11.1. The summed E-state index contributed by atoms with van der Waals surface area (Å²) < 4.78 is 5.39. The zero-order valence-electron chi connectivity index (χ0n) is 18.7. The molecule has 0 amide bonds. The van der Waals surface area contributed by atoms with Crippen LogP contribution < -0.4 is 9.57 Å². The monoisotopic (exact) mass is 452 g/mol. The van der Waals surface area contributed by atoms with Crippen molar-refractivity contribution in [2.45, 2.75) is 51.0 Å². The van der Waals surface area contributed by atoms with Crippen LogP contribution in [0.15, 0.2) is 41.6 Å². The first kappa shape index (κ1) is 21.7. The van der Waals surface area contributed by atoms with Gasteiger partial charge in [-0.05, 0) is 79.0 Å². The van der Waals surface area contributed by atoms with Crippen molar-refractivity contribution in [1.82, 2.24) is 0 Å². The highest BCUT2D eigenvalue weighted by Crippen LogP contribution is 2.61. The predicted octanol–water partition coefficient (Wildman–Crippen LogP) is 4.77. The van der Waals surface area contributed by atoms with Crippen molar-refractivity contribution < 1.29 is 24.7 Å². The topological polar surface area (TPSA) is 114 Å². The van der Waals surface area contributed by atoms with E-state index in [0.717, 1.165) is 36.8 Å². The summed E-state index contributed by atoms with van der Waals surface area (Å²) in [5, 5.41) is 36.7. The van der Waals surface area contributed by atoms with Crippen molar-refractivity contribution >= 4 is 11.4 Å². The largest absolute Gasteiger partial charge is 0.504 e. The number of rotatable bonds is 4. The number of non-ortho nitro benzene ring substituents is 1. The maximum Gasteiger partial charge on any atom is 0.273 e. The number of phenols is 1. The number of aromatic hydroxyl groups is 1. The van der Waals surface area contributed by atoms with E-state index in [-0.39, 0.29) is 40.5 Å². The summed E-state index contributed by atoms with van der Waals surface area (Å²) >= 11 is 0. The number of hydrogen-bond donors (Lipinski definition) is 2. The summed E-state index contributed by atoms with van der Waals surface area (Å²) in [6.07, 6.45) is 4.06. The fourth-order valence-corrected chi connectivity index (χ4v) is 6.42. The van der Waals surface area contributed by atoms with E-state index in [1.165, 1.54) is 19.2 Å². The van der Waals surface area contributed by atoms with E-state index in [9.17, 15) is 20.3 Å². The van der Waals surface area contributed by atoms with Crippen LogP contribution in [-0.2, 0) is 0 Å². The first-order valence-electron chi connectivity index (χ1n) is 11.4. The van der Waals surface area contributed by atoms with E-state index in [1.807, 2.05) is 6.07 Å². The number of phenolic OH excluding ortho intramolecular Hbond substituents is 1. The number of nitro benzene ring substituents is 1. The molecule has 3 aliphatic carbocycles. The minimum atomic E-state index is -0.473. The molecule has 5 atom stereocenters. The van der Waals surface area contributed by atoms with E-state index in [1.54, 1.807) is 18.2 Å². The average Bonchev–Trinajstić information content (AvgIpc) is 3.11. The van der Waals surface area contributed by atoms with Gasteiger partial charge in [0.2, 0.25) is 0 Å². The van der Waals surface area contributed by atoms with Crippen LogP contribution in [0.4, 0.5) is 5.69 Å². The van der Waals surface area contributed by atoms with Gasteiger partial charge < -0.3 is 19.8 Å². The number of benzene rings is 2. The van der Waals surface area contributed by atoms with Crippen molar-refractivity contribution in [2.24, 2.45) is 22.4 Å². The van der Waals surface area contributed by atoms with Gasteiger partial charge in [-0.1, -0.05) is 18.1 Å². The van der Waals surface area contributed by atoms with E-state index in [4.69, 9.17) is 9.57 Å². The molecule has 0 aromatic heterocycles. The molecule has 0 aliphatic heterocycles. The molecule has 0 bridgehead atoms. The van der Waals surface area contributed by atoms with Gasteiger partial charge in [-0.25, -0.2) is 0 Å². The second-order valence-corrected chi connectivity index (χ2v) is 9.71. The minimum Gasteiger partial charge on any atom is -0.504 e. The molecule has 2 aromatic rings. The molecule has 5 rings (SSSR count). The van der Waals surface area contributed by atoms with Crippen LogP contribution in [0.3, 0.4) is 0 Å². The fourth-order valence-electron chi connectivity index (χ4n) is 6.42. The van der Waals surface area contributed by atoms with Crippen molar-refractivity contribution in [3.8, 4) is 17.2 Å². The molecule has 2 N–H and O–H groups in total. The van der Waals surface area contributed by atoms with Gasteiger partial charge >= 0.3 is 0 Å². The molecule has 0 spiro atoms. The van der Waals surface area contributed by atoms with Crippen LogP contribution in [0, 0.1) is 27.4 Å². The number of nitro groups is 1. The Morgan fingerprint density at radius 3 is 2.79 bits per heavy atom. The predicted molar refractivity (Wildman–Crippen MR) is 122 cm³/mol. The lowest BCUT2D eigenvalue weighted by Crippen LogP contribution is -2.45. The van der Waals surface area contributed by atoms with Gasteiger partial charge in [0.25, 0.3) is 5.69 Å². The SMILES string of the molecule is COc1cc2c(cc1O)/C(=N/Oc1cccc([N+](=O)[O-])c1)C[C@@H]1[C@@H]2CC[C@]2(C)[C@@H](O)CC[C@@H]12. The molecule has 8 nitrogen and oxygen atoms in total. The Morgan fingerprint density at radius 1 is 1.21 bits per heavy atom. The Morgan fingerprint density at radius 2 is 2.03 bits per heavy atom. The summed E-state index contributed by atoms with van der Waals surface area (Å²) in [6, 6.07) is 9.50. The van der Waals surface area contributed by atoms with E-state index in [0.29, 0.717) is 23.8 Å². The Kier molecular flexibility index (Phi) is 5.28. The number of ether oxygens (including phenoxy) is 1. The lowest BCUT2D eigenvalue weighted by Gasteiger charge is -2.50. The van der Waals surface area contributed by atoms with Crippen molar-refractivity contribution in [1.29, 1.82) is 0 Å². The van der Waals surface area contributed by atoms with Crippen molar-refractivity contribution in [3.63, 3.8) is 0 Å². The summed E-state index contributed by atoms with van der Waals surface area (Å²) in [5.74, 6) is 1.68. The zero-order chi connectivity index (χ0) is 23.3. The number of oxime groups is 1. The molecular weight excluding hydrogens is 424 g/mol. The van der Waals surface area contributed by atoms with Gasteiger partial charge in [-0.2, -0.15) is 0 Å². The summed E-state index contributed by atoms with van der Waals surface area (Å²) in [4.78, 5) is 16.3. The number of aliphatic hydroxyl groups is 1. The molecule has 0 radical (unpaired) electrons. The number of methoxy groups -OCH3 is 1. The third kappa shape index (κ3) is 3.53. The molecular formula is C25H28N2O6. The highest BCUT2D eigenvalue weighted by atomic mass is 16.6.